The first-order valence-corrected chi connectivity index (χ1v) is 6.86. The molecule has 0 bridgehead atoms. The molecule has 20 heavy (non-hydrogen) atoms. The molecule has 2 aromatic rings. The number of aromatic nitrogens is 2. The number of benzene rings is 1. The van der Waals surface area contributed by atoms with Gasteiger partial charge >= 0.3 is 6.55 Å². The summed E-state index contributed by atoms with van der Waals surface area (Å²) < 4.78 is 25.7. The second-order valence-electron chi connectivity index (χ2n) is 4.96. The minimum atomic E-state index is -2.64. The van der Waals surface area contributed by atoms with E-state index in [0.717, 1.165) is 17.7 Å². The Hall–Kier alpha value is -1.46. The lowest BCUT2D eigenvalue weighted by molar-refractivity contribution is 0.0566. The second-order valence-corrected chi connectivity index (χ2v) is 5.36. The molecule has 1 aliphatic carbocycles. The highest BCUT2D eigenvalue weighted by atomic mass is 35.5. The van der Waals surface area contributed by atoms with Gasteiger partial charge in [0.1, 0.15) is 0 Å². The standard InChI is InChI=1S/C14H14ClF2N3/c15-13-4-1-9(6-18-11-2-3-11)5-12(13)10-7-19-20(8-10)14(16)17/h1,4-5,7-8,11,14,18H,2-3,6H2. The van der Waals surface area contributed by atoms with Crippen molar-refractivity contribution in [1.29, 1.82) is 0 Å². The third-order valence-electron chi connectivity index (χ3n) is 3.32. The van der Waals surface area contributed by atoms with Gasteiger partial charge in [-0.2, -0.15) is 13.9 Å². The molecule has 6 heteroatoms. The minimum Gasteiger partial charge on any atom is -0.310 e. The van der Waals surface area contributed by atoms with E-state index in [9.17, 15) is 8.78 Å². The van der Waals surface area contributed by atoms with Crippen LogP contribution < -0.4 is 5.32 Å². The highest BCUT2D eigenvalue weighted by Crippen LogP contribution is 2.30. The van der Waals surface area contributed by atoms with Crippen molar-refractivity contribution in [3.63, 3.8) is 0 Å². The van der Waals surface area contributed by atoms with Crippen molar-refractivity contribution < 1.29 is 8.78 Å². The summed E-state index contributed by atoms with van der Waals surface area (Å²) in [6.07, 6.45) is 5.17. The average molecular weight is 298 g/mol. The summed E-state index contributed by atoms with van der Waals surface area (Å²) in [5.41, 5.74) is 2.42. The Morgan fingerprint density at radius 1 is 1.40 bits per heavy atom. The summed E-state index contributed by atoms with van der Waals surface area (Å²) in [5.74, 6) is 0. The number of hydrogen-bond donors (Lipinski definition) is 1. The van der Waals surface area contributed by atoms with Gasteiger partial charge < -0.3 is 5.32 Å². The molecule has 0 unspecified atom stereocenters. The Kier molecular flexibility index (Phi) is 3.72. The maximum absolute atomic E-state index is 12.5. The first-order valence-electron chi connectivity index (χ1n) is 6.48. The average Bonchev–Trinajstić information content (AvgIpc) is 3.12. The Labute approximate surface area is 120 Å². The molecule has 1 heterocycles. The normalized spacial score (nSPS) is 15.0. The summed E-state index contributed by atoms with van der Waals surface area (Å²) >= 11 is 6.15. The van der Waals surface area contributed by atoms with E-state index >= 15 is 0 Å². The van der Waals surface area contributed by atoms with Gasteiger partial charge in [0.25, 0.3) is 0 Å². The van der Waals surface area contributed by atoms with Gasteiger partial charge in [0.15, 0.2) is 0 Å². The van der Waals surface area contributed by atoms with Crippen LogP contribution >= 0.6 is 11.6 Å². The zero-order chi connectivity index (χ0) is 14.1. The summed E-state index contributed by atoms with van der Waals surface area (Å²) in [7, 11) is 0. The van der Waals surface area contributed by atoms with Gasteiger partial charge in [-0.15, -0.1) is 0 Å². The van der Waals surface area contributed by atoms with Gasteiger partial charge in [0.2, 0.25) is 0 Å². The molecule has 3 rings (SSSR count). The molecule has 1 aromatic carbocycles. The molecule has 0 spiro atoms. The van der Waals surface area contributed by atoms with Gasteiger partial charge in [-0.05, 0) is 30.5 Å². The third-order valence-corrected chi connectivity index (χ3v) is 3.65. The van der Waals surface area contributed by atoms with E-state index in [1.54, 1.807) is 6.07 Å². The molecular formula is C14H14ClF2N3. The van der Waals surface area contributed by atoms with E-state index < -0.39 is 6.55 Å². The van der Waals surface area contributed by atoms with Gasteiger partial charge in [-0.3, -0.25) is 0 Å². The Morgan fingerprint density at radius 3 is 2.85 bits per heavy atom. The first kappa shape index (κ1) is 13.5. The van der Waals surface area contributed by atoms with Crippen LogP contribution in [-0.2, 0) is 6.54 Å². The molecule has 0 radical (unpaired) electrons. The van der Waals surface area contributed by atoms with E-state index in [1.165, 1.54) is 25.2 Å². The Balaban J connectivity index is 1.83. The lowest BCUT2D eigenvalue weighted by atomic mass is 10.1. The van der Waals surface area contributed by atoms with Crippen LogP contribution in [0.15, 0.2) is 30.6 Å². The maximum atomic E-state index is 12.5. The Bertz CT molecular complexity index is 608. The van der Waals surface area contributed by atoms with Crippen LogP contribution in [0.25, 0.3) is 11.1 Å². The van der Waals surface area contributed by atoms with Crippen molar-refractivity contribution in [2.24, 2.45) is 0 Å². The lowest BCUT2D eigenvalue weighted by Gasteiger charge is -2.07. The fraction of sp³-hybridized carbons (Fsp3) is 0.357. The lowest BCUT2D eigenvalue weighted by Crippen LogP contribution is -2.15. The van der Waals surface area contributed by atoms with Crippen LogP contribution in [0.5, 0.6) is 0 Å². The SMILES string of the molecule is FC(F)n1cc(-c2cc(CNC3CC3)ccc2Cl)cn1. The molecule has 0 atom stereocenters. The van der Waals surface area contributed by atoms with Gasteiger partial charge in [0.05, 0.1) is 6.20 Å². The van der Waals surface area contributed by atoms with Crippen LogP contribution in [0, 0.1) is 0 Å². The smallest absolute Gasteiger partial charge is 0.310 e. The first-order chi connectivity index (χ1) is 9.63. The van der Waals surface area contributed by atoms with Crippen molar-refractivity contribution in [3.05, 3.63) is 41.2 Å². The summed E-state index contributed by atoms with van der Waals surface area (Å²) in [6.45, 7) is -1.88. The van der Waals surface area contributed by atoms with E-state index in [-0.39, 0.29) is 0 Å². The van der Waals surface area contributed by atoms with Crippen molar-refractivity contribution in [3.8, 4) is 11.1 Å². The zero-order valence-corrected chi connectivity index (χ0v) is 11.4. The van der Waals surface area contributed by atoms with Gasteiger partial charge in [0, 0.05) is 34.9 Å². The third kappa shape index (κ3) is 2.99. The molecule has 0 aliphatic heterocycles. The number of hydrogen-bond acceptors (Lipinski definition) is 2. The molecule has 1 N–H and O–H groups in total. The second kappa shape index (κ2) is 5.50. The highest BCUT2D eigenvalue weighted by Gasteiger charge is 2.20. The van der Waals surface area contributed by atoms with E-state index in [1.807, 2.05) is 12.1 Å². The van der Waals surface area contributed by atoms with E-state index in [2.05, 4.69) is 10.4 Å². The molecule has 1 saturated carbocycles. The summed E-state index contributed by atoms with van der Waals surface area (Å²) in [6, 6.07) is 6.28. The molecule has 1 fully saturated rings. The quantitative estimate of drug-likeness (QED) is 0.908. The fourth-order valence-electron chi connectivity index (χ4n) is 2.04. The molecule has 0 saturated heterocycles. The van der Waals surface area contributed by atoms with Crippen LogP contribution in [0.4, 0.5) is 8.78 Å². The molecule has 1 aliphatic rings. The van der Waals surface area contributed by atoms with Crippen molar-refractivity contribution >= 4 is 11.6 Å². The van der Waals surface area contributed by atoms with Crippen LogP contribution in [0.1, 0.15) is 25.0 Å². The monoisotopic (exact) mass is 297 g/mol. The number of alkyl halides is 2. The van der Waals surface area contributed by atoms with Gasteiger partial charge in [-0.25, -0.2) is 4.68 Å². The molecule has 0 amide bonds. The van der Waals surface area contributed by atoms with Crippen LogP contribution in [0.3, 0.4) is 0 Å². The predicted octanol–water partition coefficient (Wildman–Crippen LogP) is 3.85. The van der Waals surface area contributed by atoms with Crippen LogP contribution in [0.2, 0.25) is 5.02 Å². The van der Waals surface area contributed by atoms with Crippen LogP contribution in [-0.4, -0.2) is 15.8 Å². The number of halogens is 3. The van der Waals surface area contributed by atoms with Crippen molar-refractivity contribution in [2.75, 3.05) is 0 Å². The maximum Gasteiger partial charge on any atom is 0.333 e. The molecule has 106 valence electrons. The minimum absolute atomic E-state index is 0.536. The number of rotatable bonds is 5. The van der Waals surface area contributed by atoms with Gasteiger partial charge in [-0.1, -0.05) is 17.7 Å². The van der Waals surface area contributed by atoms with E-state index in [4.69, 9.17) is 11.6 Å². The van der Waals surface area contributed by atoms with E-state index in [0.29, 0.717) is 21.3 Å². The molecular weight excluding hydrogens is 284 g/mol. The predicted molar refractivity (Wildman–Crippen MR) is 73.8 cm³/mol. The summed E-state index contributed by atoms with van der Waals surface area (Å²) in [5, 5.41) is 7.59. The largest absolute Gasteiger partial charge is 0.333 e. The van der Waals surface area contributed by atoms with Crippen molar-refractivity contribution in [1.82, 2.24) is 15.1 Å². The van der Waals surface area contributed by atoms with Crippen molar-refractivity contribution in [2.45, 2.75) is 32.0 Å². The Morgan fingerprint density at radius 2 is 2.20 bits per heavy atom. The summed E-state index contributed by atoms with van der Waals surface area (Å²) in [4.78, 5) is 0. The molecule has 1 aromatic heterocycles. The fourth-order valence-corrected chi connectivity index (χ4v) is 2.26. The molecule has 3 nitrogen and oxygen atoms in total. The topological polar surface area (TPSA) is 29.9 Å². The number of nitrogens with one attached hydrogen (secondary N) is 1. The zero-order valence-electron chi connectivity index (χ0n) is 10.7. The highest BCUT2D eigenvalue weighted by molar-refractivity contribution is 6.33. The number of nitrogens with zero attached hydrogens (tertiary/aromatic N) is 2.